The molecule has 0 spiro atoms. The predicted molar refractivity (Wildman–Crippen MR) is 122 cm³/mol. The quantitative estimate of drug-likeness (QED) is 0.486. The summed E-state index contributed by atoms with van der Waals surface area (Å²) in [5, 5.41) is 0.442. The number of aromatic nitrogens is 2. The lowest BCUT2D eigenvalue weighted by atomic mass is 9.89. The molecule has 1 aliphatic rings. The van der Waals surface area contributed by atoms with Gasteiger partial charge in [-0.15, -0.1) is 11.3 Å². The van der Waals surface area contributed by atoms with Crippen LogP contribution < -0.4 is 11.0 Å². The molecule has 5 rings (SSSR count). The Morgan fingerprint density at radius 2 is 1.84 bits per heavy atom. The van der Waals surface area contributed by atoms with Crippen molar-refractivity contribution in [2.75, 3.05) is 5.43 Å². The zero-order chi connectivity index (χ0) is 22.5. The van der Waals surface area contributed by atoms with E-state index in [1.807, 2.05) is 43.3 Å². The molecule has 1 aliphatic heterocycles. The summed E-state index contributed by atoms with van der Waals surface area (Å²) in [7, 11) is 0. The number of rotatable bonds is 3. The number of aryl methyl sites for hydroxylation is 1. The lowest BCUT2D eigenvalue weighted by Gasteiger charge is -2.32. The van der Waals surface area contributed by atoms with Crippen molar-refractivity contribution >= 4 is 33.4 Å². The van der Waals surface area contributed by atoms with Crippen LogP contribution in [0.15, 0.2) is 65.7 Å². The molecule has 8 heteroatoms. The van der Waals surface area contributed by atoms with Gasteiger partial charge in [0.15, 0.2) is 5.60 Å². The van der Waals surface area contributed by atoms with Gasteiger partial charge in [-0.1, -0.05) is 48.5 Å². The van der Waals surface area contributed by atoms with Crippen molar-refractivity contribution in [2.45, 2.75) is 25.9 Å². The van der Waals surface area contributed by atoms with Crippen LogP contribution in [0.4, 0.5) is 0 Å². The summed E-state index contributed by atoms with van der Waals surface area (Å²) in [4.78, 5) is 44.8. The molecule has 2 aromatic carbocycles. The van der Waals surface area contributed by atoms with Gasteiger partial charge < -0.3 is 4.74 Å². The molecule has 0 aliphatic carbocycles. The zero-order valence-corrected chi connectivity index (χ0v) is 18.2. The van der Waals surface area contributed by atoms with Gasteiger partial charge in [0.1, 0.15) is 11.2 Å². The molecule has 2 aromatic heterocycles. The molecule has 3 heterocycles. The maximum absolute atomic E-state index is 13.3. The Hall–Kier alpha value is -3.78. The molecule has 0 saturated carbocycles. The molecular weight excluding hydrogens is 426 g/mol. The van der Waals surface area contributed by atoms with Gasteiger partial charge in [0, 0.05) is 16.9 Å². The minimum absolute atomic E-state index is 0.206. The number of cyclic esters (lactones) is 1. The summed E-state index contributed by atoms with van der Waals surface area (Å²) in [6, 6.07) is 16.6. The van der Waals surface area contributed by atoms with E-state index >= 15 is 0 Å². The topological polar surface area (TPSA) is 90.3 Å². The lowest BCUT2D eigenvalue weighted by molar-refractivity contribution is -0.135. The van der Waals surface area contributed by atoms with Crippen LogP contribution in [0.5, 0.6) is 0 Å². The number of nitrogens with zero attached hydrogens (tertiary/aromatic N) is 2. The Kier molecular flexibility index (Phi) is 4.67. The number of ether oxygens (including phenoxy) is 1. The number of esters is 1. The highest BCUT2D eigenvalue weighted by atomic mass is 32.1. The second-order valence-electron chi connectivity index (χ2n) is 7.89. The van der Waals surface area contributed by atoms with Gasteiger partial charge in [-0.2, -0.15) is 0 Å². The summed E-state index contributed by atoms with van der Waals surface area (Å²) in [6.07, 6.45) is 1.49. The Morgan fingerprint density at radius 1 is 1.12 bits per heavy atom. The number of thiophene rings is 1. The Morgan fingerprint density at radius 3 is 2.62 bits per heavy atom. The summed E-state index contributed by atoms with van der Waals surface area (Å²) in [5.74, 6) is -1.16. The molecule has 7 nitrogen and oxygen atoms in total. The monoisotopic (exact) mass is 445 g/mol. The number of hydrogen-bond donors (Lipinski definition) is 1. The van der Waals surface area contributed by atoms with Crippen LogP contribution in [0.25, 0.3) is 21.3 Å². The first-order chi connectivity index (χ1) is 15.4. The highest BCUT2D eigenvalue weighted by molar-refractivity contribution is 7.19. The fourth-order valence-electron chi connectivity index (χ4n) is 4.02. The van der Waals surface area contributed by atoms with Crippen LogP contribution in [0, 0.1) is 6.92 Å². The fraction of sp³-hybridized carbons (Fsp3) is 0.167. The third-order valence-corrected chi connectivity index (χ3v) is 6.65. The van der Waals surface area contributed by atoms with Gasteiger partial charge in [-0.25, -0.2) is 14.5 Å². The average Bonchev–Trinajstić information content (AvgIpc) is 3.13. The van der Waals surface area contributed by atoms with E-state index in [4.69, 9.17) is 4.74 Å². The highest BCUT2D eigenvalue weighted by Gasteiger charge is 2.43. The number of hydrogen-bond acceptors (Lipinski definition) is 6. The SMILES string of the molecule is Cc1sc2ncn(NC(=O)C3(C)Cc4ccccc4C(=O)O3)c(=O)c2c1-c1ccccc1. The maximum atomic E-state index is 13.3. The van der Waals surface area contributed by atoms with Crippen molar-refractivity contribution in [1.29, 1.82) is 0 Å². The molecule has 1 N–H and O–H groups in total. The molecule has 0 bridgehead atoms. The second-order valence-corrected chi connectivity index (χ2v) is 9.10. The van der Waals surface area contributed by atoms with Crippen molar-refractivity contribution < 1.29 is 14.3 Å². The Balaban J connectivity index is 1.53. The maximum Gasteiger partial charge on any atom is 0.339 e. The summed E-state index contributed by atoms with van der Waals surface area (Å²) in [6.45, 7) is 3.48. The fourth-order valence-corrected chi connectivity index (χ4v) is 5.02. The van der Waals surface area contributed by atoms with E-state index in [0.717, 1.165) is 26.2 Å². The zero-order valence-electron chi connectivity index (χ0n) is 17.4. The molecule has 32 heavy (non-hydrogen) atoms. The molecule has 0 radical (unpaired) electrons. The van der Waals surface area contributed by atoms with E-state index in [9.17, 15) is 14.4 Å². The predicted octanol–water partition coefficient (Wildman–Crippen LogP) is 3.68. The Labute approximate surface area is 187 Å². The number of carbonyl (C=O) groups is 2. The lowest BCUT2D eigenvalue weighted by Crippen LogP contribution is -2.52. The minimum atomic E-state index is -1.45. The van der Waals surface area contributed by atoms with E-state index < -0.39 is 23.0 Å². The van der Waals surface area contributed by atoms with E-state index in [1.165, 1.54) is 24.6 Å². The average molecular weight is 446 g/mol. The van der Waals surface area contributed by atoms with Crippen molar-refractivity contribution in [3.8, 4) is 11.1 Å². The second kappa shape index (κ2) is 7.42. The first kappa shape index (κ1) is 20.1. The number of amides is 1. The van der Waals surface area contributed by atoms with Crippen LogP contribution >= 0.6 is 11.3 Å². The molecular formula is C24H19N3O4S. The van der Waals surface area contributed by atoms with E-state index in [1.54, 1.807) is 18.2 Å². The molecule has 0 fully saturated rings. The van der Waals surface area contributed by atoms with Crippen LogP contribution in [0.2, 0.25) is 0 Å². The van der Waals surface area contributed by atoms with Gasteiger partial charge in [0.2, 0.25) is 0 Å². The van der Waals surface area contributed by atoms with Crippen molar-refractivity contribution in [1.82, 2.24) is 9.66 Å². The normalized spacial score (nSPS) is 17.6. The van der Waals surface area contributed by atoms with E-state index in [0.29, 0.717) is 15.8 Å². The number of benzene rings is 2. The van der Waals surface area contributed by atoms with Crippen molar-refractivity contribution in [3.63, 3.8) is 0 Å². The molecule has 160 valence electrons. The van der Waals surface area contributed by atoms with Gasteiger partial charge in [0.25, 0.3) is 11.5 Å². The van der Waals surface area contributed by atoms with Crippen molar-refractivity contribution in [3.05, 3.63) is 87.3 Å². The summed E-state index contributed by atoms with van der Waals surface area (Å²) >= 11 is 1.43. The number of carbonyl (C=O) groups excluding carboxylic acids is 2. The third-order valence-electron chi connectivity index (χ3n) is 5.64. The molecule has 0 saturated heterocycles. The van der Waals surface area contributed by atoms with Crippen molar-refractivity contribution in [2.24, 2.45) is 0 Å². The molecule has 1 atom stereocenters. The minimum Gasteiger partial charge on any atom is -0.445 e. The molecule has 4 aromatic rings. The first-order valence-corrected chi connectivity index (χ1v) is 10.9. The van der Waals surface area contributed by atoms with Gasteiger partial charge >= 0.3 is 5.97 Å². The van der Waals surface area contributed by atoms with Gasteiger partial charge in [0.05, 0.1) is 10.9 Å². The van der Waals surface area contributed by atoms with Crippen LogP contribution in [-0.4, -0.2) is 27.1 Å². The van der Waals surface area contributed by atoms with Crippen LogP contribution in [0.1, 0.15) is 27.7 Å². The van der Waals surface area contributed by atoms with E-state index in [-0.39, 0.29) is 6.42 Å². The van der Waals surface area contributed by atoms with Crippen LogP contribution in [-0.2, 0) is 16.0 Å². The molecule has 1 amide bonds. The largest absolute Gasteiger partial charge is 0.445 e. The third kappa shape index (κ3) is 3.20. The number of nitrogens with one attached hydrogen (secondary N) is 1. The van der Waals surface area contributed by atoms with Gasteiger partial charge in [-0.05, 0) is 31.0 Å². The summed E-state index contributed by atoms with van der Waals surface area (Å²) < 4.78 is 6.53. The Bertz CT molecular complexity index is 1440. The molecule has 1 unspecified atom stereocenters. The standard InChI is InChI=1S/C24H19N3O4S/c1-14-18(15-8-4-3-5-9-15)19-20(32-14)25-13-27(21(19)28)26-23(30)24(2)12-16-10-6-7-11-17(16)22(29)31-24/h3-11,13H,12H2,1-2H3,(H,26,30). The van der Waals surface area contributed by atoms with Crippen LogP contribution in [0.3, 0.4) is 0 Å². The highest BCUT2D eigenvalue weighted by Crippen LogP contribution is 2.35. The first-order valence-electron chi connectivity index (χ1n) is 10.1. The van der Waals surface area contributed by atoms with E-state index in [2.05, 4.69) is 10.4 Å². The number of fused-ring (bicyclic) bond motifs is 2. The smallest absolute Gasteiger partial charge is 0.339 e. The van der Waals surface area contributed by atoms with Gasteiger partial charge in [-0.3, -0.25) is 15.0 Å². The summed E-state index contributed by atoms with van der Waals surface area (Å²) in [5.41, 5.74) is 3.62.